The average molecular weight is 287 g/mol. The molecule has 2 N–H and O–H groups in total. The van der Waals surface area contributed by atoms with E-state index in [1.165, 1.54) is 6.42 Å². The Balaban J connectivity index is 1.53. The first-order valence-electron chi connectivity index (χ1n) is 7.80. The van der Waals surface area contributed by atoms with Gasteiger partial charge in [0.1, 0.15) is 5.82 Å². The first-order valence-corrected chi connectivity index (χ1v) is 7.80. The molecule has 112 valence electrons. The van der Waals surface area contributed by atoms with Crippen molar-refractivity contribution in [2.75, 3.05) is 10.6 Å². The summed E-state index contributed by atoms with van der Waals surface area (Å²) in [5.74, 6) is 0.973. The van der Waals surface area contributed by atoms with Gasteiger partial charge >= 0.3 is 0 Å². The lowest BCUT2D eigenvalue weighted by Crippen LogP contribution is -2.24. The molecule has 21 heavy (non-hydrogen) atoms. The number of hydrogen-bond donors (Lipinski definition) is 2. The molecule has 2 fully saturated rings. The lowest BCUT2D eigenvalue weighted by atomic mass is 9.88. The van der Waals surface area contributed by atoms with E-state index in [1.807, 2.05) is 0 Å². The van der Waals surface area contributed by atoms with Crippen molar-refractivity contribution in [2.24, 2.45) is 11.8 Å². The Morgan fingerprint density at radius 1 is 0.905 bits per heavy atom. The largest absolute Gasteiger partial charge is 0.324 e. The highest BCUT2D eigenvalue weighted by molar-refractivity contribution is 5.94. The van der Waals surface area contributed by atoms with E-state index in [0.29, 0.717) is 11.5 Å². The zero-order chi connectivity index (χ0) is 14.7. The van der Waals surface area contributed by atoms with Gasteiger partial charge in [-0.3, -0.25) is 9.59 Å². The molecule has 5 nitrogen and oxygen atoms in total. The zero-order valence-electron chi connectivity index (χ0n) is 12.1. The Bertz CT molecular complexity index is 517. The maximum atomic E-state index is 12.1. The number of nitrogens with zero attached hydrogens (tertiary/aromatic N) is 1. The third-order valence-electron chi connectivity index (χ3n) is 4.21. The van der Waals surface area contributed by atoms with Crippen molar-refractivity contribution in [1.29, 1.82) is 0 Å². The van der Waals surface area contributed by atoms with Gasteiger partial charge in [0, 0.05) is 11.8 Å². The van der Waals surface area contributed by atoms with Crippen molar-refractivity contribution in [3.8, 4) is 0 Å². The van der Waals surface area contributed by atoms with Crippen molar-refractivity contribution in [2.45, 2.75) is 44.9 Å². The summed E-state index contributed by atoms with van der Waals surface area (Å²) in [5.41, 5.74) is 0.690. The number of carbonyl (C=O) groups is 2. The molecule has 1 aromatic rings. The minimum Gasteiger partial charge on any atom is -0.324 e. The van der Waals surface area contributed by atoms with Crippen LogP contribution in [0.3, 0.4) is 0 Å². The van der Waals surface area contributed by atoms with Gasteiger partial charge in [-0.05, 0) is 37.8 Å². The molecular formula is C16H21N3O2. The quantitative estimate of drug-likeness (QED) is 0.894. The molecule has 2 aliphatic rings. The molecular weight excluding hydrogens is 266 g/mol. The molecule has 2 saturated carbocycles. The van der Waals surface area contributed by atoms with Crippen molar-refractivity contribution >= 4 is 23.3 Å². The Morgan fingerprint density at radius 3 is 2.19 bits per heavy atom. The topological polar surface area (TPSA) is 71.1 Å². The molecule has 2 amide bonds. The van der Waals surface area contributed by atoms with Crippen molar-refractivity contribution in [3.05, 3.63) is 18.3 Å². The van der Waals surface area contributed by atoms with Gasteiger partial charge < -0.3 is 10.6 Å². The second kappa shape index (κ2) is 6.24. The predicted molar refractivity (Wildman–Crippen MR) is 80.8 cm³/mol. The Morgan fingerprint density at radius 2 is 1.57 bits per heavy atom. The number of carbonyl (C=O) groups excluding carboxylic acids is 2. The van der Waals surface area contributed by atoms with Gasteiger partial charge in [0.15, 0.2) is 0 Å². The fourth-order valence-corrected chi connectivity index (χ4v) is 2.72. The van der Waals surface area contributed by atoms with Crippen LogP contribution >= 0.6 is 0 Å². The van der Waals surface area contributed by atoms with E-state index in [1.54, 1.807) is 18.3 Å². The molecule has 0 aliphatic heterocycles. The summed E-state index contributed by atoms with van der Waals surface area (Å²) in [4.78, 5) is 27.9. The average Bonchev–Trinajstić information content (AvgIpc) is 3.35. The van der Waals surface area contributed by atoms with E-state index < -0.39 is 0 Å². The number of rotatable bonds is 4. The Hall–Kier alpha value is -1.91. The second-order valence-corrected chi connectivity index (χ2v) is 6.02. The number of hydrogen-bond acceptors (Lipinski definition) is 3. The second-order valence-electron chi connectivity index (χ2n) is 6.02. The maximum Gasteiger partial charge on any atom is 0.228 e. The van der Waals surface area contributed by atoms with Gasteiger partial charge in [0.25, 0.3) is 0 Å². The van der Waals surface area contributed by atoms with Gasteiger partial charge in [-0.2, -0.15) is 0 Å². The van der Waals surface area contributed by atoms with Crippen LogP contribution < -0.4 is 10.6 Å². The van der Waals surface area contributed by atoms with Crippen LogP contribution in [0.5, 0.6) is 0 Å². The van der Waals surface area contributed by atoms with E-state index in [2.05, 4.69) is 15.6 Å². The summed E-state index contributed by atoms with van der Waals surface area (Å²) < 4.78 is 0. The van der Waals surface area contributed by atoms with E-state index in [-0.39, 0.29) is 23.7 Å². The smallest absolute Gasteiger partial charge is 0.228 e. The van der Waals surface area contributed by atoms with Crippen molar-refractivity contribution in [1.82, 2.24) is 4.98 Å². The fourth-order valence-electron chi connectivity index (χ4n) is 2.72. The van der Waals surface area contributed by atoms with Crippen LogP contribution in [-0.2, 0) is 9.59 Å². The Kier molecular flexibility index (Phi) is 4.18. The molecule has 0 atom stereocenters. The van der Waals surface area contributed by atoms with Crippen molar-refractivity contribution in [3.63, 3.8) is 0 Å². The molecule has 1 heterocycles. The first-order chi connectivity index (χ1) is 10.2. The van der Waals surface area contributed by atoms with Crippen LogP contribution in [0, 0.1) is 11.8 Å². The normalized spacial score (nSPS) is 19.0. The summed E-state index contributed by atoms with van der Waals surface area (Å²) in [6, 6.07) is 3.52. The van der Waals surface area contributed by atoms with Crippen molar-refractivity contribution < 1.29 is 9.59 Å². The van der Waals surface area contributed by atoms with E-state index in [0.717, 1.165) is 38.5 Å². The highest BCUT2D eigenvalue weighted by Gasteiger charge is 2.29. The summed E-state index contributed by atoms with van der Waals surface area (Å²) in [6.45, 7) is 0. The third kappa shape index (κ3) is 3.80. The molecule has 5 heteroatoms. The minimum atomic E-state index is 0.0430. The minimum absolute atomic E-state index is 0.0430. The molecule has 0 bridgehead atoms. The van der Waals surface area contributed by atoms with Crippen LogP contribution in [0.25, 0.3) is 0 Å². The number of anilines is 2. The van der Waals surface area contributed by atoms with Gasteiger partial charge in [-0.25, -0.2) is 4.98 Å². The maximum absolute atomic E-state index is 12.1. The van der Waals surface area contributed by atoms with Crippen LogP contribution in [0.15, 0.2) is 18.3 Å². The van der Waals surface area contributed by atoms with Gasteiger partial charge in [-0.15, -0.1) is 0 Å². The molecule has 0 aromatic carbocycles. The highest BCUT2D eigenvalue weighted by atomic mass is 16.2. The standard InChI is InChI=1S/C16H21N3O2/c20-15(11-4-2-1-3-5-11)18-13-8-9-14(17-10-13)19-16(21)12-6-7-12/h8-12H,1-7H2,(H,18,20)(H,17,19,21). The molecule has 3 rings (SSSR count). The lowest BCUT2D eigenvalue weighted by molar-refractivity contribution is -0.120. The van der Waals surface area contributed by atoms with Gasteiger partial charge in [0.2, 0.25) is 11.8 Å². The number of amides is 2. The number of nitrogens with one attached hydrogen (secondary N) is 2. The van der Waals surface area contributed by atoms with Crippen LogP contribution in [0.1, 0.15) is 44.9 Å². The predicted octanol–water partition coefficient (Wildman–Crippen LogP) is 2.95. The van der Waals surface area contributed by atoms with E-state index in [4.69, 9.17) is 0 Å². The van der Waals surface area contributed by atoms with E-state index >= 15 is 0 Å². The fraction of sp³-hybridized carbons (Fsp3) is 0.562. The molecule has 0 unspecified atom stereocenters. The molecule has 0 saturated heterocycles. The van der Waals surface area contributed by atoms with Crippen LogP contribution in [0.2, 0.25) is 0 Å². The summed E-state index contributed by atoms with van der Waals surface area (Å²) >= 11 is 0. The number of pyridine rings is 1. The number of aromatic nitrogens is 1. The molecule has 0 radical (unpaired) electrons. The summed E-state index contributed by atoms with van der Waals surface area (Å²) in [6.07, 6.45) is 9.03. The zero-order valence-corrected chi connectivity index (χ0v) is 12.1. The molecule has 0 spiro atoms. The summed E-state index contributed by atoms with van der Waals surface area (Å²) in [7, 11) is 0. The summed E-state index contributed by atoms with van der Waals surface area (Å²) in [5, 5.41) is 5.70. The molecule has 2 aliphatic carbocycles. The van der Waals surface area contributed by atoms with E-state index in [9.17, 15) is 9.59 Å². The molecule has 1 aromatic heterocycles. The SMILES string of the molecule is O=C(Nc1ccc(NC(=O)C2CC2)nc1)C1CCCCC1. The van der Waals surface area contributed by atoms with Gasteiger partial charge in [-0.1, -0.05) is 19.3 Å². The Labute approximate surface area is 124 Å². The lowest BCUT2D eigenvalue weighted by Gasteiger charge is -2.20. The first kappa shape index (κ1) is 14.0. The third-order valence-corrected chi connectivity index (χ3v) is 4.21. The monoisotopic (exact) mass is 287 g/mol. The highest BCUT2D eigenvalue weighted by Crippen LogP contribution is 2.30. The van der Waals surface area contributed by atoms with Crippen LogP contribution in [-0.4, -0.2) is 16.8 Å². The van der Waals surface area contributed by atoms with Crippen LogP contribution in [0.4, 0.5) is 11.5 Å². The van der Waals surface area contributed by atoms with Gasteiger partial charge in [0.05, 0.1) is 11.9 Å².